The second kappa shape index (κ2) is 10.4. The van der Waals surface area contributed by atoms with Crippen LogP contribution in [0.15, 0.2) is 23.0 Å². The number of benzene rings is 1. The Morgan fingerprint density at radius 3 is 2.69 bits per heavy atom. The minimum Gasteiger partial charge on any atom is -0.338 e. The van der Waals surface area contributed by atoms with Crippen LogP contribution < -0.4 is 16.2 Å². The molecule has 0 radical (unpaired) electrons. The molecule has 172 valence electrons. The van der Waals surface area contributed by atoms with E-state index in [9.17, 15) is 19.2 Å². The lowest BCUT2D eigenvalue weighted by Gasteiger charge is -2.29. The third-order valence-electron chi connectivity index (χ3n) is 5.84. The summed E-state index contributed by atoms with van der Waals surface area (Å²) in [4.78, 5) is 55.3. The topological polar surface area (TPSA) is 113 Å². The molecular weight excluding hydrogens is 410 g/mol. The third kappa shape index (κ3) is 5.15. The normalized spacial score (nSPS) is 16.5. The highest BCUT2D eigenvalue weighted by atomic mass is 16.2. The Bertz CT molecular complexity index is 1080. The van der Waals surface area contributed by atoms with E-state index in [0.717, 1.165) is 36.1 Å². The molecule has 9 heteroatoms. The second-order valence-corrected chi connectivity index (χ2v) is 8.20. The lowest BCUT2D eigenvalue weighted by Crippen LogP contribution is -2.46. The highest BCUT2D eigenvalue weighted by Gasteiger charge is 2.34. The van der Waals surface area contributed by atoms with Crippen LogP contribution in [-0.4, -0.2) is 45.9 Å². The molecule has 0 aliphatic carbocycles. The first kappa shape index (κ1) is 23.4. The Kier molecular flexibility index (Phi) is 7.61. The zero-order valence-electron chi connectivity index (χ0n) is 18.9. The van der Waals surface area contributed by atoms with Crippen LogP contribution in [0.25, 0.3) is 10.9 Å². The zero-order valence-corrected chi connectivity index (χ0v) is 18.9. The van der Waals surface area contributed by atoms with Crippen molar-refractivity contribution in [3.63, 3.8) is 0 Å². The molecule has 4 amide bonds. The maximum atomic E-state index is 13.3. The van der Waals surface area contributed by atoms with Crippen molar-refractivity contribution in [3.8, 4) is 0 Å². The van der Waals surface area contributed by atoms with Gasteiger partial charge in [-0.3, -0.25) is 23.9 Å². The number of nitrogens with one attached hydrogen (secondary N) is 2. The fourth-order valence-electron chi connectivity index (χ4n) is 3.97. The molecule has 1 aromatic carbocycles. The molecule has 3 rings (SSSR count). The summed E-state index contributed by atoms with van der Waals surface area (Å²) in [6.07, 6.45) is 4.82. The van der Waals surface area contributed by atoms with Gasteiger partial charge in [0.25, 0.3) is 11.5 Å². The molecule has 1 aliphatic heterocycles. The largest absolute Gasteiger partial charge is 0.338 e. The number of piperidine rings is 1. The van der Waals surface area contributed by atoms with Gasteiger partial charge < -0.3 is 10.6 Å². The Morgan fingerprint density at radius 1 is 1.16 bits per heavy atom. The quantitative estimate of drug-likeness (QED) is 0.482. The summed E-state index contributed by atoms with van der Waals surface area (Å²) in [5.74, 6) is -0.222. The fraction of sp³-hybridized carbons (Fsp3) is 0.522. The van der Waals surface area contributed by atoms with Gasteiger partial charge in [-0.15, -0.1) is 0 Å². The van der Waals surface area contributed by atoms with E-state index in [1.807, 2.05) is 6.07 Å². The number of likely N-dealkylation sites (tertiary alicyclic amines) is 1. The van der Waals surface area contributed by atoms with E-state index in [1.165, 1.54) is 11.6 Å². The van der Waals surface area contributed by atoms with Crippen LogP contribution in [0, 0.1) is 6.92 Å². The first-order chi connectivity index (χ1) is 15.3. The van der Waals surface area contributed by atoms with E-state index in [0.29, 0.717) is 23.3 Å². The Morgan fingerprint density at radius 2 is 1.94 bits per heavy atom. The van der Waals surface area contributed by atoms with Crippen molar-refractivity contribution in [1.82, 2.24) is 25.1 Å². The standard InChI is InChI=1S/C23H31N5O4/c1-4-5-6-7-12-24-23(32)25-14-16-8-9-18-17(13-16)21(30)28(15(2)26-18)19-10-11-20(29)27(3)22(19)31/h8-9,13,19H,4-7,10-12,14H2,1-3H3,(H2,24,25,32)/t19-/m0/s1. The number of fused-ring (bicyclic) bond motifs is 1. The molecule has 1 aromatic heterocycles. The Balaban J connectivity index is 1.75. The number of unbranched alkanes of at least 4 members (excludes halogenated alkanes) is 3. The molecular formula is C23H31N5O4. The molecule has 1 atom stereocenters. The van der Waals surface area contributed by atoms with Gasteiger partial charge in [-0.25, -0.2) is 9.78 Å². The van der Waals surface area contributed by atoms with Gasteiger partial charge in [0, 0.05) is 26.6 Å². The van der Waals surface area contributed by atoms with Crippen molar-refractivity contribution in [2.45, 2.75) is 65.0 Å². The summed E-state index contributed by atoms with van der Waals surface area (Å²) in [5, 5.41) is 6.02. The van der Waals surface area contributed by atoms with E-state index < -0.39 is 11.9 Å². The molecule has 1 aliphatic rings. The monoisotopic (exact) mass is 441 g/mol. The van der Waals surface area contributed by atoms with Crippen LogP contribution in [0.3, 0.4) is 0 Å². The number of imide groups is 1. The van der Waals surface area contributed by atoms with Crippen molar-refractivity contribution < 1.29 is 14.4 Å². The van der Waals surface area contributed by atoms with Crippen molar-refractivity contribution >= 4 is 28.7 Å². The van der Waals surface area contributed by atoms with Crippen LogP contribution in [0.1, 0.15) is 62.9 Å². The van der Waals surface area contributed by atoms with E-state index in [-0.39, 0.29) is 36.9 Å². The molecule has 2 heterocycles. The number of nitrogens with zero attached hydrogens (tertiary/aromatic N) is 3. The number of carbonyl (C=O) groups is 3. The maximum Gasteiger partial charge on any atom is 0.315 e. The third-order valence-corrected chi connectivity index (χ3v) is 5.84. The molecule has 2 aromatic rings. The van der Waals surface area contributed by atoms with Crippen LogP contribution >= 0.6 is 0 Å². The van der Waals surface area contributed by atoms with Gasteiger partial charge in [-0.05, 0) is 37.5 Å². The first-order valence-corrected chi connectivity index (χ1v) is 11.2. The van der Waals surface area contributed by atoms with Crippen molar-refractivity contribution in [3.05, 3.63) is 39.9 Å². The number of amides is 4. The number of likely N-dealkylation sites (N-methyl/N-ethyl adjacent to an activating group) is 1. The van der Waals surface area contributed by atoms with Gasteiger partial charge in [0.05, 0.1) is 10.9 Å². The van der Waals surface area contributed by atoms with Crippen LogP contribution in [0.2, 0.25) is 0 Å². The number of hydrogen-bond acceptors (Lipinski definition) is 5. The summed E-state index contributed by atoms with van der Waals surface area (Å²) in [6, 6.07) is 4.26. The fourth-order valence-corrected chi connectivity index (χ4v) is 3.97. The molecule has 1 fully saturated rings. The summed E-state index contributed by atoms with van der Waals surface area (Å²) in [7, 11) is 1.43. The number of carbonyl (C=O) groups excluding carboxylic acids is 3. The smallest absolute Gasteiger partial charge is 0.315 e. The average Bonchev–Trinajstić information content (AvgIpc) is 2.77. The van der Waals surface area contributed by atoms with Gasteiger partial charge in [-0.1, -0.05) is 32.3 Å². The van der Waals surface area contributed by atoms with Crippen molar-refractivity contribution in [1.29, 1.82) is 0 Å². The van der Waals surface area contributed by atoms with E-state index >= 15 is 0 Å². The summed E-state index contributed by atoms with van der Waals surface area (Å²) in [5.41, 5.74) is 0.964. The van der Waals surface area contributed by atoms with Gasteiger partial charge in [0.15, 0.2) is 0 Å². The number of aryl methyl sites for hydroxylation is 1. The molecule has 0 unspecified atom stereocenters. The minimum atomic E-state index is -0.748. The molecule has 0 saturated carbocycles. The highest BCUT2D eigenvalue weighted by Crippen LogP contribution is 2.23. The number of rotatable bonds is 8. The summed E-state index contributed by atoms with van der Waals surface area (Å²) in [6.45, 7) is 4.72. The number of aromatic nitrogens is 2. The highest BCUT2D eigenvalue weighted by molar-refractivity contribution is 5.99. The summed E-state index contributed by atoms with van der Waals surface area (Å²) >= 11 is 0. The average molecular weight is 442 g/mol. The van der Waals surface area contributed by atoms with Crippen LogP contribution in [0.4, 0.5) is 4.79 Å². The first-order valence-electron chi connectivity index (χ1n) is 11.2. The van der Waals surface area contributed by atoms with Gasteiger partial charge >= 0.3 is 6.03 Å². The molecule has 0 spiro atoms. The molecule has 1 saturated heterocycles. The molecule has 9 nitrogen and oxygen atoms in total. The van der Waals surface area contributed by atoms with Gasteiger partial charge in [0.2, 0.25) is 5.91 Å². The lowest BCUT2D eigenvalue weighted by atomic mass is 10.0. The SMILES string of the molecule is CCCCCCNC(=O)NCc1ccc2nc(C)n([C@H]3CCC(=O)N(C)C3=O)c(=O)c2c1. The summed E-state index contributed by atoms with van der Waals surface area (Å²) < 4.78 is 1.38. The Hall–Kier alpha value is -3.23. The van der Waals surface area contributed by atoms with Gasteiger partial charge in [0.1, 0.15) is 11.9 Å². The lowest BCUT2D eigenvalue weighted by molar-refractivity contribution is -0.149. The predicted octanol–water partition coefficient (Wildman–Crippen LogP) is 2.40. The second-order valence-electron chi connectivity index (χ2n) is 8.20. The van der Waals surface area contributed by atoms with Crippen molar-refractivity contribution in [2.75, 3.05) is 13.6 Å². The van der Waals surface area contributed by atoms with Crippen molar-refractivity contribution in [2.24, 2.45) is 0 Å². The van der Waals surface area contributed by atoms with E-state index in [1.54, 1.807) is 19.1 Å². The molecule has 2 N–H and O–H groups in total. The zero-order chi connectivity index (χ0) is 23.3. The molecule has 32 heavy (non-hydrogen) atoms. The number of hydrogen-bond donors (Lipinski definition) is 2. The van der Waals surface area contributed by atoms with Gasteiger partial charge in [-0.2, -0.15) is 0 Å². The number of urea groups is 1. The minimum absolute atomic E-state index is 0.203. The Labute approximate surface area is 187 Å². The van der Waals surface area contributed by atoms with E-state index in [4.69, 9.17) is 0 Å². The van der Waals surface area contributed by atoms with Crippen LogP contribution in [-0.2, 0) is 16.1 Å². The maximum absolute atomic E-state index is 13.3. The molecule has 0 bridgehead atoms. The predicted molar refractivity (Wildman–Crippen MR) is 121 cm³/mol. The van der Waals surface area contributed by atoms with Crippen LogP contribution in [0.5, 0.6) is 0 Å². The van der Waals surface area contributed by atoms with E-state index in [2.05, 4.69) is 22.5 Å².